The number of carbonyl (C=O) groups is 3. The van der Waals surface area contributed by atoms with Crippen LogP contribution in [0.2, 0.25) is 0 Å². The van der Waals surface area contributed by atoms with Crippen LogP contribution in [0.15, 0.2) is 47.1 Å². The number of allylic oxidation sites excluding steroid dienone is 6. The van der Waals surface area contributed by atoms with Crippen LogP contribution in [0.1, 0.15) is 0 Å². The predicted molar refractivity (Wildman–Crippen MR) is 58.2 cm³/mol. The summed E-state index contributed by atoms with van der Waals surface area (Å²) in [4.78, 5) is 33.1. The number of hydrogen-bond donors (Lipinski definition) is 1. The third-order valence-electron chi connectivity index (χ3n) is 2.13. The number of carbonyl (C=O) groups excluding carboxylic acids is 2. The van der Waals surface area contributed by atoms with Gasteiger partial charge < -0.3 is 5.11 Å². The average Bonchev–Trinajstić information content (AvgIpc) is 2.18. The molecule has 0 bridgehead atoms. The molecule has 0 aliphatic heterocycles. The Balaban J connectivity index is 0.00000128. The van der Waals surface area contributed by atoms with Gasteiger partial charge in [0.15, 0.2) is 11.6 Å². The van der Waals surface area contributed by atoms with Crippen molar-refractivity contribution < 1.29 is 19.5 Å². The van der Waals surface area contributed by atoms with Crippen molar-refractivity contribution in [1.29, 1.82) is 0 Å². The Hall–Kier alpha value is -1.23. The standard InChI is InChI=1S/C11H6O4.Na.H/c12-8-2-1-6-3-7(11(14)15)4-10(13)9(6)5-8;;/h1-5H,(H,14,15);;. The summed E-state index contributed by atoms with van der Waals surface area (Å²) in [5.74, 6) is -1.86. The molecule has 1 N–H and O–H groups in total. The van der Waals surface area contributed by atoms with Gasteiger partial charge in [-0.15, -0.1) is 0 Å². The zero-order valence-electron chi connectivity index (χ0n) is 7.56. The molecule has 16 heavy (non-hydrogen) atoms. The van der Waals surface area contributed by atoms with Crippen molar-refractivity contribution in [3.05, 3.63) is 47.1 Å². The van der Waals surface area contributed by atoms with Gasteiger partial charge in [-0.3, -0.25) is 9.59 Å². The molecule has 0 spiro atoms. The molecule has 0 saturated heterocycles. The summed E-state index contributed by atoms with van der Waals surface area (Å²) in [5.41, 5.74) is 0.665. The summed E-state index contributed by atoms with van der Waals surface area (Å²) < 4.78 is 0. The van der Waals surface area contributed by atoms with E-state index in [2.05, 4.69) is 0 Å². The molecule has 0 amide bonds. The van der Waals surface area contributed by atoms with Crippen LogP contribution in [0.3, 0.4) is 0 Å². The minimum absolute atomic E-state index is 0. The Morgan fingerprint density at radius 3 is 2.38 bits per heavy atom. The quantitative estimate of drug-likeness (QED) is 0.635. The van der Waals surface area contributed by atoms with Crippen LogP contribution in [0.5, 0.6) is 0 Å². The first-order valence-corrected chi connectivity index (χ1v) is 4.23. The molecule has 0 unspecified atom stereocenters. The van der Waals surface area contributed by atoms with E-state index in [1.165, 1.54) is 24.3 Å². The van der Waals surface area contributed by atoms with Crippen LogP contribution in [-0.2, 0) is 14.4 Å². The zero-order valence-corrected chi connectivity index (χ0v) is 7.56. The van der Waals surface area contributed by atoms with Crippen molar-refractivity contribution >= 4 is 47.1 Å². The van der Waals surface area contributed by atoms with Gasteiger partial charge in [-0.2, -0.15) is 0 Å². The summed E-state index contributed by atoms with van der Waals surface area (Å²) in [6.45, 7) is 0. The zero-order chi connectivity index (χ0) is 11.0. The molecule has 5 heteroatoms. The monoisotopic (exact) mass is 226 g/mol. The van der Waals surface area contributed by atoms with E-state index in [1.54, 1.807) is 0 Å². The van der Waals surface area contributed by atoms with Crippen LogP contribution in [-0.4, -0.2) is 52.2 Å². The maximum atomic E-state index is 11.5. The third kappa shape index (κ3) is 2.29. The van der Waals surface area contributed by atoms with Crippen molar-refractivity contribution in [2.45, 2.75) is 0 Å². The van der Waals surface area contributed by atoms with Crippen molar-refractivity contribution in [3.8, 4) is 0 Å². The molecular weight excluding hydrogens is 219 g/mol. The number of ketones is 2. The Labute approximate surface area is 113 Å². The first-order chi connectivity index (χ1) is 7.08. The number of hydrogen-bond acceptors (Lipinski definition) is 3. The minimum atomic E-state index is -1.15. The molecule has 2 aliphatic carbocycles. The number of aliphatic carboxylic acids is 1. The van der Waals surface area contributed by atoms with E-state index in [9.17, 15) is 14.4 Å². The van der Waals surface area contributed by atoms with Gasteiger partial charge >= 0.3 is 35.5 Å². The topological polar surface area (TPSA) is 71.4 Å². The van der Waals surface area contributed by atoms with E-state index in [-0.39, 0.29) is 46.5 Å². The fraction of sp³-hybridized carbons (Fsp3) is 0. The van der Waals surface area contributed by atoms with Crippen LogP contribution in [0, 0.1) is 0 Å². The van der Waals surface area contributed by atoms with E-state index in [0.29, 0.717) is 5.57 Å². The molecule has 0 radical (unpaired) electrons. The second kappa shape index (κ2) is 4.74. The van der Waals surface area contributed by atoms with Gasteiger partial charge in [-0.05, 0) is 23.8 Å². The Bertz CT molecular complexity index is 506. The second-order valence-electron chi connectivity index (χ2n) is 3.16. The molecule has 0 atom stereocenters. The van der Waals surface area contributed by atoms with E-state index in [4.69, 9.17) is 5.11 Å². The predicted octanol–water partition coefficient (Wildman–Crippen LogP) is -0.0767. The molecule has 2 aliphatic rings. The Morgan fingerprint density at radius 1 is 1.06 bits per heavy atom. The number of fused-ring (bicyclic) bond motifs is 1. The first-order valence-electron chi connectivity index (χ1n) is 4.23. The van der Waals surface area contributed by atoms with Gasteiger partial charge in [-0.1, -0.05) is 6.08 Å². The van der Waals surface area contributed by atoms with Crippen molar-refractivity contribution in [3.63, 3.8) is 0 Å². The van der Waals surface area contributed by atoms with Crippen molar-refractivity contribution in [2.75, 3.05) is 0 Å². The second-order valence-corrected chi connectivity index (χ2v) is 3.16. The summed E-state index contributed by atoms with van der Waals surface area (Å²) >= 11 is 0. The molecule has 76 valence electrons. The number of rotatable bonds is 1. The van der Waals surface area contributed by atoms with Gasteiger partial charge in [-0.25, -0.2) is 4.79 Å². The molecule has 0 aromatic heterocycles. The fourth-order valence-corrected chi connectivity index (χ4v) is 1.43. The SMILES string of the molecule is O=C1C=CC2=CC(C(=O)O)=CC(=O)C2=C1.[NaH]. The molecule has 2 rings (SSSR count). The molecule has 0 heterocycles. The summed E-state index contributed by atoms with van der Waals surface area (Å²) in [6.07, 6.45) is 6.35. The van der Waals surface area contributed by atoms with Crippen LogP contribution < -0.4 is 0 Å². The Kier molecular flexibility index (Phi) is 3.80. The summed E-state index contributed by atoms with van der Waals surface area (Å²) in [7, 11) is 0. The molecular formula is C11H7NaO4. The summed E-state index contributed by atoms with van der Waals surface area (Å²) in [5, 5.41) is 8.72. The molecule has 4 nitrogen and oxygen atoms in total. The van der Waals surface area contributed by atoms with Crippen LogP contribution in [0.4, 0.5) is 0 Å². The summed E-state index contributed by atoms with van der Waals surface area (Å²) in [6, 6.07) is 0. The fourth-order valence-electron chi connectivity index (χ4n) is 1.43. The average molecular weight is 226 g/mol. The van der Waals surface area contributed by atoms with Gasteiger partial charge in [0, 0.05) is 11.6 Å². The molecule has 0 aromatic rings. The van der Waals surface area contributed by atoms with Crippen molar-refractivity contribution in [2.24, 2.45) is 0 Å². The molecule has 0 saturated carbocycles. The van der Waals surface area contributed by atoms with Gasteiger partial charge in [0.2, 0.25) is 0 Å². The molecule has 0 fully saturated rings. The van der Waals surface area contributed by atoms with Gasteiger partial charge in [0.05, 0.1) is 5.57 Å². The maximum absolute atomic E-state index is 11.5. The van der Waals surface area contributed by atoms with Gasteiger partial charge in [0.1, 0.15) is 0 Å². The van der Waals surface area contributed by atoms with E-state index in [0.717, 1.165) is 6.08 Å². The van der Waals surface area contributed by atoms with E-state index < -0.39 is 11.8 Å². The van der Waals surface area contributed by atoms with E-state index in [1.807, 2.05) is 0 Å². The van der Waals surface area contributed by atoms with Crippen molar-refractivity contribution in [1.82, 2.24) is 0 Å². The molecule has 0 aromatic carbocycles. The third-order valence-corrected chi connectivity index (χ3v) is 2.13. The number of carboxylic acids is 1. The van der Waals surface area contributed by atoms with Crippen LogP contribution >= 0.6 is 0 Å². The van der Waals surface area contributed by atoms with Crippen LogP contribution in [0.25, 0.3) is 0 Å². The Morgan fingerprint density at radius 2 is 1.75 bits per heavy atom. The van der Waals surface area contributed by atoms with Gasteiger partial charge in [0.25, 0.3) is 0 Å². The number of carboxylic acid groups (broad SMARTS) is 1. The normalized spacial score (nSPS) is 17.9. The first kappa shape index (κ1) is 12.8. The van der Waals surface area contributed by atoms with E-state index >= 15 is 0 Å².